The Morgan fingerprint density at radius 2 is 2.04 bits per heavy atom. The highest BCUT2D eigenvalue weighted by molar-refractivity contribution is 7.16. The SMILES string of the molecule is CC(C(=O)N1CCc2ccc(C(=O)O)cc2C1)c1ccc(Cl)s1. The van der Waals surface area contributed by atoms with Crippen LogP contribution in [0.25, 0.3) is 0 Å². The van der Waals surface area contributed by atoms with E-state index >= 15 is 0 Å². The van der Waals surface area contributed by atoms with E-state index < -0.39 is 5.97 Å². The highest BCUT2D eigenvalue weighted by atomic mass is 35.5. The van der Waals surface area contributed by atoms with Crippen molar-refractivity contribution in [1.29, 1.82) is 0 Å². The molecule has 1 aromatic carbocycles. The van der Waals surface area contributed by atoms with Gasteiger partial charge in [0.05, 0.1) is 15.8 Å². The van der Waals surface area contributed by atoms with Gasteiger partial charge >= 0.3 is 5.97 Å². The van der Waals surface area contributed by atoms with Crippen molar-refractivity contribution in [3.8, 4) is 0 Å². The van der Waals surface area contributed by atoms with Crippen molar-refractivity contribution < 1.29 is 14.7 Å². The van der Waals surface area contributed by atoms with Gasteiger partial charge < -0.3 is 10.0 Å². The molecule has 6 heteroatoms. The molecule has 0 spiro atoms. The quantitative estimate of drug-likeness (QED) is 0.917. The second-order valence-corrected chi connectivity index (χ2v) is 7.41. The Labute approximate surface area is 143 Å². The third kappa shape index (κ3) is 3.26. The van der Waals surface area contributed by atoms with Crippen LogP contribution in [-0.4, -0.2) is 28.4 Å². The first kappa shape index (κ1) is 16.0. The maximum absolute atomic E-state index is 12.7. The molecule has 1 amide bonds. The molecule has 3 rings (SSSR count). The van der Waals surface area contributed by atoms with Crippen molar-refractivity contribution in [2.75, 3.05) is 6.54 Å². The number of fused-ring (bicyclic) bond motifs is 1. The molecule has 1 N–H and O–H groups in total. The van der Waals surface area contributed by atoms with Crippen LogP contribution < -0.4 is 0 Å². The van der Waals surface area contributed by atoms with Gasteiger partial charge in [0, 0.05) is 18.0 Å². The molecule has 0 radical (unpaired) electrons. The molecule has 1 atom stereocenters. The lowest BCUT2D eigenvalue weighted by molar-refractivity contribution is -0.133. The van der Waals surface area contributed by atoms with Crippen molar-refractivity contribution >= 4 is 34.8 Å². The lowest BCUT2D eigenvalue weighted by Crippen LogP contribution is -2.38. The lowest BCUT2D eigenvalue weighted by atomic mass is 9.96. The normalized spacial score (nSPS) is 15.1. The summed E-state index contributed by atoms with van der Waals surface area (Å²) in [6.45, 7) is 2.99. The highest BCUT2D eigenvalue weighted by Gasteiger charge is 2.26. The molecule has 1 unspecified atom stereocenters. The zero-order valence-corrected chi connectivity index (χ0v) is 14.2. The number of carboxylic acids is 1. The van der Waals surface area contributed by atoms with E-state index in [0.29, 0.717) is 17.4 Å². The molecule has 0 aliphatic carbocycles. The number of hydrogen-bond acceptors (Lipinski definition) is 3. The summed E-state index contributed by atoms with van der Waals surface area (Å²) >= 11 is 7.37. The fourth-order valence-electron chi connectivity index (χ4n) is 2.83. The van der Waals surface area contributed by atoms with Gasteiger partial charge in [-0.2, -0.15) is 0 Å². The molecule has 1 aliphatic heterocycles. The van der Waals surface area contributed by atoms with E-state index in [-0.39, 0.29) is 17.4 Å². The van der Waals surface area contributed by atoms with E-state index in [1.54, 1.807) is 23.1 Å². The predicted octanol–water partition coefficient (Wildman–Crippen LogP) is 3.79. The smallest absolute Gasteiger partial charge is 0.335 e. The maximum Gasteiger partial charge on any atom is 0.335 e. The number of thiophene rings is 1. The number of benzene rings is 1. The zero-order valence-electron chi connectivity index (χ0n) is 12.6. The second-order valence-electron chi connectivity index (χ2n) is 5.66. The Balaban J connectivity index is 1.79. The number of aromatic carboxylic acids is 1. The summed E-state index contributed by atoms with van der Waals surface area (Å²) in [6.07, 6.45) is 0.749. The lowest BCUT2D eigenvalue weighted by Gasteiger charge is -2.31. The topological polar surface area (TPSA) is 57.6 Å². The molecule has 4 nitrogen and oxygen atoms in total. The Morgan fingerprint density at radius 1 is 1.26 bits per heavy atom. The Bertz CT molecular complexity index is 771. The molecule has 120 valence electrons. The number of halogens is 1. The molecule has 2 heterocycles. The summed E-state index contributed by atoms with van der Waals surface area (Å²) in [5, 5.41) is 9.11. The summed E-state index contributed by atoms with van der Waals surface area (Å²) in [7, 11) is 0. The van der Waals surface area contributed by atoms with Crippen molar-refractivity contribution in [3.05, 3.63) is 56.2 Å². The molecular weight excluding hydrogens is 334 g/mol. The maximum atomic E-state index is 12.7. The van der Waals surface area contributed by atoms with Crippen LogP contribution in [0.5, 0.6) is 0 Å². The van der Waals surface area contributed by atoms with Crippen molar-refractivity contribution in [2.24, 2.45) is 0 Å². The molecule has 0 saturated carbocycles. The van der Waals surface area contributed by atoms with Gasteiger partial charge in [-0.3, -0.25) is 4.79 Å². The van der Waals surface area contributed by atoms with Crippen LogP contribution in [0.2, 0.25) is 4.34 Å². The van der Waals surface area contributed by atoms with E-state index in [2.05, 4.69) is 0 Å². The zero-order chi connectivity index (χ0) is 16.6. The van der Waals surface area contributed by atoms with Crippen LogP contribution >= 0.6 is 22.9 Å². The monoisotopic (exact) mass is 349 g/mol. The Kier molecular flexibility index (Phi) is 4.41. The minimum atomic E-state index is -0.946. The summed E-state index contributed by atoms with van der Waals surface area (Å²) in [4.78, 5) is 26.6. The summed E-state index contributed by atoms with van der Waals surface area (Å²) < 4.78 is 0.676. The molecular formula is C17H16ClNO3S. The van der Waals surface area contributed by atoms with Gasteiger partial charge in [-0.05, 0) is 48.7 Å². The minimum Gasteiger partial charge on any atom is -0.478 e. The number of nitrogens with zero attached hydrogens (tertiary/aromatic N) is 1. The molecule has 1 aromatic heterocycles. The Hall–Kier alpha value is -1.85. The van der Waals surface area contributed by atoms with Gasteiger partial charge in [0.15, 0.2) is 0 Å². The second kappa shape index (κ2) is 6.34. The first-order valence-corrected chi connectivity index (χ1v) is 8.54. The van der Waals surface area contributed by atoms with Crippen LogP contribution in [0, 0.1) is 0 Å². The largest absolute Gasteiger partial charge is 0.478 e. The van der Waals surface area contributed by atoms with Crippen molar-refractivity contribution in [3.63, 3.8) is 0 Å². The van der Waals surface area contributed by atoms with E-state index in [1.807, 2.05) is 19.1 Å². The molecule has 0 saturated heterocycles. The third-order valence-corrected chi connectivity index (χ3v) is 5.58. The highest BCUT2D eigenvalue weighted by Crippen LogP contribution is 2.30. The van der Waals surface area contributed by atoms with Gasteiger partial charge in [0.25, 0.3) is 0 Å². The van der Waals surface area contributed by atoms with Crippen molar-refractivity contribution in [2.45, 2.75) is 25.8 Å². The van der Waals surface area contributed by atoms with E-state index in [0.717, 1.165) is 22.4 Å². The number of carbonyl (C=O) groups excluding carboxylic acids is 1. The van der Waals surface area contributed by atoms with Crippen molar-refractivity contribution in [1.82, 2.24) is 4.90 Å². The van der Waals surface area contributed by atoms with E-state index in [9.17, 15) is 9.59 Å². The van der Waals surface area contributed by atoms with Gasteiger partial charge in [0.2, 0.25) is 5.91 Å². The van der Waals surface area contributed by atoms with E-state index in [4.69, 9.17) is 16.7 Å². The van der Waals surface area contributed by atoms with Gasteiger partial charge in [-0.15, -0.1) is 11.3 Å². The average molecular weight is 350 g/mol. The molecule has 23 heavy (non-hydrogen) atoms. The predicted molar refractivity (Wildman–Crippen MR) is 90.3 cm³/mol. The third-order valence-electron chi connectivity index (χ3n) is 4.17. The van der Waals surface area contributed by atoms with Crippen LogP contribution in [0.4, 0.5) is 0 Å². The van der Waals surface area contributed by atoms with Crippen LogP contribution in [-0.2, 0) is 17.8 Å². The summed E-state index contributed by atoms with van der Waals surface area (Å²) in [5.74, 6) is -1.13. The molecule has 0 bridgehead atoms. The van der Waals surface area contributed by atoms with Gasteiger partial charge in [0.1, 0.15) is 0 Å². The fourth-order valence-corrected chi connectivity index (χ4v) is 3.94. The summed E-state index contributed by atoms with van der Waals surface area (Å²) in [6, 6.07) is 8.83. The fraction of sp³-hybridized carbons (Fsp3) is 0.294. The number of rotatable bonds is 3. The number of carbonyl (C=O) groups is 2. The molecule has 0 fully saturated rings. The Morgan fingerprint density at radius 3 is 2.70 bits per heavy atom. The van der Waals surface area contributed by atoms with Crippen LogP contribution in [0.1, 0.15) is 39.2 Å². The number of amides is 1. The standard InChI is InChI=1S/C17H16ClNO3S/c1-10(14-4-5-15(18)23-14)16(20)19-7-6-11-2-3-12(17(21)22)8-13(11)9-19/h2-5,8,10H,6-7,9H2,1H3,(H,21,22). The minimum absolute atomic E-state index is 0.0508. The summed E-state index contributed by atoms with van der Waals surface area (Å²) in [5.41, 5.74) is 2.29. The number of hydrogen-bond donors (Lipinski definition) is 1. The molecule has 2 aromatic rings. The average Bonchev–Trinajstić information content (AvgIpc) is 2.98. The first-order valence-electron chi connectivity index (χ1n) is 7.35. The number of carboxylic acid groups (broad SMARTS) is 1. The van der Waals surface area contributed by atoms with Gasteiger partial charge in [-0.25, -0.2) is 4.79 Å². The van der Waals surface area contributed by atoms with Crippen LogP contribution in [0.3, 0.4) is 0 Å². The first-order chi connectivity index (χ1) is 11.0. The molecule has 1 aliphatic rings. The van der Waals surface area contributed by atoms with Crippen LogP contribution in [0.15, 0.2) is 30.3 Å². The van der Waals surface area contributed by atoms with Gasteiger partial charge in [-0.1, -0.05) is 17.7 Å². The van der Waals surface area contributed by atoms with E-state index in [1.165, 1.54) is 11.3 Å².